The number of fused-ring (bicyclic) bond motifs is 2. The van der Waals surface area contributed by atoms with E-state index >= 15 is 0 Å². The standard InChI is InChI=1S/C21H28N4O4/c1-14(26)25-12-17-18(13-25)21(23(2)19(17)27)7-9-24(10-8-21)20(28)22-15-5-4-6-16(11-15)29-3/h4-6,11,17-18H,7-10,12-13H2,1-3H3,(H,22,28)/t17-,18+/m1/s1. The second-order valence-electron chi connectivity index (χ2n) is 8.29. The molecule has 3 saturated heterocycles. The molecule has 4 amide bonds. The molecule has 1 aromatic rings. The molecule has 3 heterocycles. The number of rotatable bonds is 2. The molecular weight excluding hydrogens is 372 g/mol. The third-order valence-corrected chi connectivity index (χ3v) is 7.01. The number of urea groups is 1. The Morgan fingerprint density at radius 2 is 1.90 bits per heavy atom. The summed E-state index contributed by atoms with van der Waals surface area (Å²) in [5.41, 5.74) is 0.425. The van der Waals surface area contributed by atoms with Crippen molar-refractivity contribution in [3.63, 3.8) is 0 Å². The van der Waals surface area contributed by atoms with Gasteiger partial charge in [-0.15, -0.1) is 0 Å². The molecule has 1 spiro atoms. The van der Waals surface area contributed by atoms with Crippen LogP contribution in [0.25, 0.3) is 0 Å². The van der Waals surface area contributed by atoms with E-state index in [1.165, 1.54) is 0 Å². The number of hydrogen-bond acceptors (Lipinski definition) is 4. The highest BCUT2D eigenvalue weighted by atomic mass is 16.5. The Balaban J connectivity index is 1.43. The highest BCUT2D eigenvalue weighted by Gasteiger charge is 2.60. The van der Waals surface area contributed by atoms with E-state index in [2.05, 4.69) is 5.32 Å². The summed E-state index contributed by atoms with van der Waals surface area (Å²) in [6.07, 6.45) is 1.46. The van der Waals surface area contributed by atoms with E-state index in [4.69, 9.17) is 4.74 Å². The van der Waals surface area contributed by atoms with E-state index in [-0.39, 0.29) is 35.2 Å². The largest absolute Gasteiger partial charge is 0.497 e. The van der Waals surface area contributed by atoms with Crippen LogP contribution in [0.15, 0.2) is 24.3 Å². The topological polar surface area (TPSA) is 82.2 Å². The van der Waals surface area contributed by atoms with Crippen LogP contribution >= 0.6 is 0 Å². The van der Waals surface area contributed by atoms with Gasteiger partial charge in [0.1, 0.15) is 5.75 Å². The number of benzene rings is 1. The second kappa shape index (κ2) is 7.24. The van der Waals surface area contributed by atoms with E-state index in [9.17, 15) is 14.4 Å². The minimum atomic E-state index is -0.265. The average Bonchev–Trinajstić information content (AvgIpc) is 3.25. The zero-order valence-corrected chi connectivity index (χ0v) is 17.2. The molecular formula is C21H28N4O4. The van der Waals surface area contributed by atoms with Crippen LogP contribution in [0.3, 0.4) is 0 Å². The summed E-state index contributed by atoms with van der Waals surface area (Å²) in [7, 11) is 3.47. The second-order valence-corrected chi connectivity index (χ2v) is 8.29. The Hall–Kier alpha value is -2.77. The van der Waals surface area contributed by atoms with Crippen molar-refractivity contribution in [2.75, 3.05) is 45.7 Å². The molecule has 1 aromatic carbocycles. The minimum absolute atomic E-state index is 0.0279. The maximum Gasteiger partial charge on any atom is 0.321 e. The fourth-order valence-corrected chi connectivity index (χ4v) is 5.28. The van der Waals surface area contributed by atoms with Crippen LogP contribution in [-0.2, 0) is 9.59 Å². The van der Waals surface area contributed by atoms with Crippen LogP contribution < -0.4 is 10.1 Å². The third-order valence-electron chi connectivity index (χ3n) is 7.01. The zero-order valence-electron chi connectivity index (χ0n) is 17.2. The van der Waals surface area contributed by atoms with Crippen molar-refractivity contribution in [2.24, 2.45) is 11.8 Å². The SMILES string of the molecule is COc1cccc(NC(=O)N2CCC3(CC2)[C@H]2CN(C(C)=O)C[C@H]2C(=O)N3C)c1. The molecule has 0 aromatic heterocycles. The number of carbonyl (C=O) groups excluding carboxylic acids is 3. The predicted molar refractivity (Wildman–Crippen MR) is 108 cm³/mol. The van der Waals surface area contributed by atoms with Gasteiger partial charge in [-0.25, -0.2) is 4.79 Å². The van der Waals surface area contributed by atoms with Crippen molar-refractivity contribution >= 4 is 23.5 Å². The van der Waals surface area contributed by atoms with Gasteiger partial charge in [-0.3, -0.25) is 9.59 Å². The van der Waals surface area contributed by atoms with Crippen molar-refractivity contribution in [3.05, 3.63) is 24.3 Å². The summed E-state index contributed by atoms with van der Waals surface area (Å²) in [6, 6.07) is 7.13. The number of methoxy groups -OCH3 is 1. The van der Waals surface area contributed by atoms with Crippen molar-refractivity contribution in [1.29, 1.82) is 0 Å². The highest BCUT2D eigenvalue weighted by Crippen LogP contribution is 2.48. The van der Waals surface area contributed by atoms with Crippen LogP contribution in [0, 0.1) is 11.8 Å². The van der Waals surface area contributed by atoms with E-state index in [0.29, 0.717) is 37.6 Å². The van der Waals surface area contributed by atoms with Crippen molar-refractivity contribution < 1.29 is 19.1 Å². The Morgan fingerprint density at radius 3 is 2.55 bits per heavy atom. The van der Waals surface area contributed by atoms with E-state index in [1.54, 1.807) is 29.9 Å². The van der Waals surface area contributed by atoms with Gasteiger partial charge in [0.25, 0.3) is 0 Å². The maximum atomic E-state index is 12.8. The summed E-state index contributed by atoms with van der Waals surface area (Å²) in [5, 5.41) is 2.93. The predicted octanol–water partition coefficient (Wildman–Crippen LogP) is 1.63. The van der Waals surface area contributed by atoms with Gasteiger partial charge in [0.15, 0.2) is 0 Å². The Morgan fingerprint density at radius 1 is 1.17 bits per heavy atom. The number of piperidine rings is 1. The Kier molecular flexibility index (Phi) is 4.88. The summed E-state index contributed by atoms with van der Waals surface area (Å²) in [5.74, 6) is 0.885. The third kappa shape index (κ3) is 3.20. The molecule has 29 heavy (non-hydrogen) atoms. The molecule has 1 N–H and O–H groups in total. The number of anilines is 1. The van der Waals surface area contributed by atoms with Gasteiger partial charge in [-0.2, -0.15) is 0 Å². The number of nitrogens with one attached hydrogen (secondary N) is 1. The molecule has 3 aliphatic rings. The molecule has 3 fully saturated rings. The maximum absolute atomic E-state index is 12.8. The molecule has 8 nitrogen and oxygen atoms in total. The molecule has 0 radical (unpaired) electrons. The monoisotopic (exact) mass is 400 g/mol. The van der Waals surface area contributed by atoms with Crippen LogP contribution in [0.1, 0.15) is 19.8 Å². The molecule has 156 valence electrons. The zero-order chi connectivity index (χ0) is 20.8. The first-order valence-corrected chi connectivity index (χ1v) is 10.1. The molecule has 0 aliphatic carbocycles. The number of ether oxygens (including phenoxy) is 1. The smallest absolute Gasteiger partial charge is 0.321 e. The van der Waals surface area contributed by atoms with Gasteiger partial charge in [-0.1, -0.05) is 6.07 Å². The van der Waals surface area contributed by atoms with Crippen LogP contribution in [0.5, 0.6) is 5.75 Å². The lowest BCUT2D eigenvalue weighted by molar-refractivity contribution is -0.135. The molecule has 0 bridgehead atoms. The van der Waals surface area contributed by atoms with Gasteiger partial charge < -0.3 is 24.8 Å². The van der Waals surface area contributed by atoms with E-state index in [1.807, 2.05) is 30.1 Å². The summed E-state index contributed by atoms with van der Waals surface area (Å²) in [6.45, 7) is 3.87. The minimum Gasteiger partial charge on any atom is -0.497 e. The van der Waals surface area contributed by atoms with Gasteiger partial charge in [0.2, 0.25) is 11.8 Å². The number of carbonyl (C=O) groups is 3. The fraction of sp³-hybridized carbons (Fsp3) is 0.571. The Labute approximate surface area is 170 Å². The van der Waals surface area contributed by atoms with E-state index < -0.39 is 0 Å². The van der Waals surface area contributed by atoms with Crippen LogP contribution in [-0.4, -0.2) is 78.4 Å². The molecule has 3 aliphatic heterocycles. The number of nitrogens with zero attached hydrogens (tertiary/aromatic N) is 3. The van der Waals surface area contributed by atoms with Crippen molar-refractivity contribution in [1.82, 2.24) is 14.7 Å². The first kappa shape index (κ1) is 19.5. The van der Waals surface area contributed by atoms with E-state index in [0.717, 1.165) is 12.8 Å². The van der Waals surface area contributed by atoms with Gasteiger partial charge in [0, 0.05) is 57.8 Å². The molecule has 8 heteroatoms. The lowest BCUT2D eigenvalue weighted by Gasteiger charge is -2.46. The number of hydrogen-bond donors (Lipinski definition) is 1. The first-order valence-electron chi connectivity index (χ1n) is 10.1. The van der Waals surface area contributed by atoms with Gasteiger partial charge in [0.05, 0.1) is 18.6 Å². The summed E-state index contributed by atoms with van der Waals surface area (Å²) >= 11 is 0. The summed E-state index contributed by atoms with van der Waals surface area (Å²) in [4.78, 5) is 42.9. The van der Waals surface area contributed by atoms with Crippen molar-refractivity contribution in [3.8, 4) is 5.75 Å². The summed E-state index contributed by atoms with van der Waals surface area (Å²) < 4.78 is 5.20. The molecule has 2 atom stereocenters. The molecule has 4 rings (SSSR count). The number of likely N-dealkylation sites (tertiary alicyclic amines) is 3. The number of amides is 4. The lowest BCUT2D eigenvalue weighted by Crippen LogP contribution is -2.57. The van der Waals surface area contributed by atoms with Crippen molar-refractivity contribution in [2.45, 2.75) is 25.3 Å². The lowest BCUT2D eigenvalue weighted by atomic mass is 9.75. The highest BCUT2D eigenvalue weighted by molar-refractivity contribution is 5.90. The first-order chi connectivity index (χ1) is 13.9. The molecule has 0 unspecified atom stereocenters. The Bertz CT molecular complexity index is 834. The normalized spacial score (nSPS) is 25.3. The van der Waals surface area contributed by atoms with Gasteiger partial charge >= 0.3 is 6.03 Å². The van der Waals surface area contributed by atoms with Gasteiger partial charge in [-0.05, 0) is 25.0 Å². The van der Waals surface area contributed by atoms with Crippen LogP contribution in [0.4, 0.5) is 10.5 Å². The average molecular weight is 400 g/mol. The quantitative estimate of drug-likeness (QED) is 0.818. The molecule has 0 saturated carbocycles. The fourth-order valence-electron chi connectivity index (χ4n) is 5.28. The van der Waals surface area contributed by atoms with Crippen LogP contribution in [0.2, 0.25) is 0 Å².